The van der Waals surface area contributed by atoms with Crippen molar-refractivity contribution in [1.29, 1.82) is 0 Å². The summed E-state index contributed by atoms with van der Waals surface area (Å²) in [7, 11) is 1.64. The molecule has 0 N–H and O–H groups in total. The van der Waals surface area contributed by atoms with Gasteiger partial charge in [0.05, 0.1) is 13.5 Å². The van der Waals surface area contributed by atoms with Gasteiger partial charge in [0.2, 0.25) is 0 Å². The van der Waals surface area contributed by atoms with Crippen LogP contribution in [0.5, 0.6) is 5.75 Å². The van der Waals surface area contributed by atoms with Crippen molar-refractivity contribution in [3.05, 3.63) is 28.8 Å². The number of ether oxygens (including phenoxy) is 1. The number of hydrogen-bond donors (Lipinski definition) is 0. The van der Waals surface area contributed by atoms with Crippen LogP contribution >= 0.6 is 0 Å². The molecule has 2 nitrogen and oxygen atoms in total. The molecule has 1 aromatic rings. The van der Waals surface area contributed by atoms with Crippen molar-refractivity contribution < 1.29 is 9.53 Å². The number of hydrogen-bond acceptors (Lipinski definition) is 2. The summed E-state index contributed by atoms with van der Waals surface area (Å²) in [4.78, 5) is 10.1. The van der Waals surface area contributed by atoms with Crippen LogP contribution in [0.25, 0.3) is 0 Å². The average Bonchev–Trinajstić information content (AvgIpc) is 2.22. The van der Waals surface area contributed by atoms with Gasteiger partial charge in [-0.3, -0.25) is 0 Å². The Morgan fingerprint density at radius 2 is 1.93 bits per heavy atom. The first kappa shape index (κ1) is 11.3. The van der Waals surface area contributed by atoms with Crippen molar-refractivity contribution in [1.82, 2.24) is 0 Å². The molecule has 2 heteroatoms. The Kier molecular flexibility index (Phi) is 3.93. The first-order valence-corrected chi connectivity index (χ1v) is 4.76. The predicted molar refractivity (Wildman–Crippen MR) is 60.0 cm³/mol. The number of rotatable bonds is 2. The largest absolute Gasteiger partial charge is 0.497 e. The smallest absolute Gasteiger partial charge is 0.131 e. The second-order valence-electron chi connectivity index (χ2n) is 3.31. The molecule has 15 heavy (non-hydrogen) atoms. The van der Waals surface area contributed by atoms with Crippen molar-refractivity contribution in [2.24, 2.45) is 0 Å². The van der Waals surface area contributed by atoms with E-state index in [0.29, 0.717) is 0 Å². The molecule has 0 heterocycles. The summed E-state index contributed by atoms with van der Waals surface area (Å²) in [5.74, 6) is 6.65. The van der Waals surface area contributed by atoms with E-state index < -0.39 is 0 Å². The Hall–Kier alpha value is -1.75. The fourth-order valence-corrected chi connectivity index (χ4v) is 1.42. The SMILES string of the molecule is COc1cc(C)c(C#CCC=O)c(C)c1. The third kappa shape index (κ3) is 2.85. The molecule has 78 valence electrons. The van der Waals surface area contributed by atoms with Gasteiger partial charge in [-0.15, -0.1) is 0 Å². The summed E-state index contributed by atoms with van der Waals surface area (Å²) in [6.45, 7) is 3.97. The first-order chi connectivity index (χ1) is 7.19. The highest BCUT2D eigenvalue weighted by atomic mass is 16.5. The zero-order valence-electron chi connectivity index (χ0n) is 9.26. The van der Waals surface area contributed by atoms with Gasteiger partial charge in [-0.25, -0.2) is 0 Å². The highest BCUT2D eigenvalue weighted by Crippen LogP contribution is 2.20. The van der Waals surface area contributed by atoms with E-state index in [1.54, 1.807) is 7.11 Å². The van der Waals surface area contributed by atoms with Crippen LogP contribution in [0.3, 0.4) is 0 Å². The molecule has 0 saturated heterocycles. The number of carbonyl (C=O) groups is 1. The predicted octanol–water partition coefficient (Wildman–Crippen LogP) is 2.25. The third-order valence-electron chi connectivity index (χ3n) is 2.14. The molecule has 0 bridgehead atoms. The Balaban J connectivity index is 3.10. The van der Waals surface area contributed by atoms with Crippen LogP contribution in [-0.4, -0.2) is 13.4 Å². The van der Waals surface area contributed by atoms with Crippen LogP contribution in [0.4, 0.5) is 0 Å². The van der Waals surface area contributed by atoms with Gasteiger partial charge >= 0.3 is 0 Å². The molecular weight excluding hydrogens is 188 g/mol. The quantitative estimate of drug-likeness (QED) is 0.543. The summed E-state index contributed by atoms with van der Waals surface area (Å²) >= 11 is 0. The van der Waals surface area contributed by atoms with Crippen LogP contribution in [0.2, 0.25) is 0 Å². The molecule has 1 aromatic carbocycles. The van der Waals surface area contributed by atoms with Crippen molar-refractivity contribution in [2.75, 3.05) is 7.11 Å². The molecule has 0 unspecified atom stereocenters. The zero-order chi connectivity index (χ0) is 11.3. The monoisotopic (exact) mass is 202 g/mol. The van der Waals surface area contributed by atoms with Gasteiger partial charge in [0.1, 0.15) is 12.0 Å². The van der Waals surface area contributed by atoms with Crippen LogP contribution in [0, 0.1) is 25.7 Å². The van der Waals surface area contributed by atoms with E-state index in [1.807, 2.05) is 26.0 Å². The molecule has 0 fully saturated rings. The van der Waals surface area contributed by atoms with Crippen molar-refractivity contribution in [2.45, 2.75) is 20.3 Å². The first-order valence-electron chi connectivity index (χ1n) is 4.76. The van der Waals surface area contributed by atoms with E-state index in [4.69, 9.17) is 4.74 Å². The van der Waals surface area contributed by atoms with Crippen LogP contribution in [0.1, 0.15) is 23.1 Å². The minimum absolute atomic E-state index is 0.283. The summed E-state index contributed by atoms with van der Waals surface area (Å²) in [6.07, 6.45) is 1.09. The van der Waals surface area contributed by atoms with Gasteiger partial charge in [-0.1, -0.05) is 11.8 Å². The lowest BCUT2D eigenvalue weighted by Crippen LogP contribution is -1.91. The minimum atomic E-state index is 0.283. The van der Waals surface area contributed by atoms with Gasteiger partial charge in [-0.2, -0.15) is 0 Å². The lowest BCUT2D eigenvalue weighted by atomic mass is 10.0. The van der Waals surface area contributed by atoms with E-state index in [9.17, 15) is 4.79 Å². The maximum Gasteiger partial charge on any atom is 0.131 e. The van der Waals surface area contributed by atoms with Gasteiger partial charge < -0.3 is 9.53 Å². The molecular formula is C13H14O2. The Labute approximate surface area is 90.3 Å². The molecule has 0 aliphatic rings. The lowest BCUT2D eigenvalue weighted by Gasteiger charge is -2.06. The number of carbonyl (C=O) groups excluding carboxylic acids is 1. The molecule has 0 atom stereocenters. The topological polar surface area (TPSA) is 26.3 Å². The van der Waals surface area contributed by atoms with Crippen molar-refractivity contribution in [3.63, 3.8) is 0 Å². The molecule has 0 aliphatic carbocycles. The van der Waals surface area contributed by atoms with Crippen molar-refractivity contribution in [3.8, 4) is 17.6 Å². The van der Waals surface area contributed by atoms with E-state index in [0.717, 1.165) is 28.7 Å². The van der Waals surface area contributed by atoms with Gasteiger partial charge in [-0.05, 0) is 37.1 Å². The number of methoxy groups -OCH3 is 1. The molecule has 0 aliphatic heterocycles. The Morgan fingerprint density at radius 1 is 1.33 bits per heavy atom. The van der Waals surface area contributed by atoms with Crippen LogP contribution < -0.4 is 4.74 Å². The van der Waals surface area contributed by atoms with E-state index in [-0.39, 0.29) is 6.42 Å². The number of aldehydes is 1. The standard InChI is InChI=1S/C13H14O2/c1-10-8-12(15-3)9-11(2)13(10)6-4-5-7-14/h7-9H,5H2,1-3H3. The zero-order valence-corrected chi connectivity index (χ0v) is 9.26. The molecule has 1 rings (SSSR count). The summed E-state index contributed by atoms with van der Waals surface area (Å²) < 4.78 is 5.15. The normalized spacial score (nSPS) is 9.00. The molecule has 0 spiro atoms. The third-order valence-corrected chi connectivity index (χ3v) is 2.14. The van der Waals surface area contributed by atoms with Crippen molar-refractivity contribution >= 4 is 6.29 Å². The van der Waals surface area contributed by atoms with E-state index in [2.05, 4.69) is 11.8 Å². The van der Waals surface area contributed by atoms with Crippen LogP contribution in [-0.2, 0) is 4.79 Å². The fourth-order valence-electron chi connectivity index (χ4n) is 1.42. The number of aryl methyl sites for hydroxylation is 2. The lowest BCUT2D eigenvalue weighted by molar-refractivity contribution is -0.107. The second-order valence-corrected chi connectivity index (χ2v) is 3.31. The molecule has 0 radical (unpaired) electrons. The molecule has 0 aromatic heterocycles. The highest BCUT2D eigenvalue weighted by molar-refractivity contribution is 5.56. The highest BCUT2D eigenvalue weighted by Gasteiger charge is 2.02. The van der Waals surface area contributed by atoms with E-state index >= 15 is 0 Å². The van der Waals surface area contributed by atoms with E-state index in [1.165, 1.54) is 0 Å². The maximum atomic E-state index is 10.1. The average molecular weight is 202 g/mol. The van der Waals surface area contributed by atoms with Gasteiger partial charge in [0.15, 0.2) is 0 Å². The Morgan fingerprint density at radius 3 is 2.40 bits per heavy atom. The maximum absolute atomic E-state index is 10.1. The second kappa shape index (κ2) is 5.21. The molecule has 0 saturated carbocycles. The minimum Gasteiger partial charge on any atom is -0.497 e. The summed E-state index contributed by atoms with van der Waals surface area (Å²) in [5, 5.41) is 0. The summed E-state index contributed by atoms with van der Waals surface area (Å²) in [6, 6.07) is 3.88. The van der Waals surface area contributed by atoms with Gasteiger partial charge in [0, 0.05) is 5.56 Å². The fraction of sp³-hybridized carbons (Fsp3) is 0.308. The molecule has 0 amide bonds. The summed E-state index contributed by atoms with van der Waals surface area (Å²) in [5.41, 5.74) is 3.13. The van der Waals surface area contributed by atoms with Crippen LogP contribution in [0.15, 0.2) is 12.1 Å². The van der Waals surface area contributed by atoms with Gasteiger partial charge in [0.25, 0.3) is 0 Å². The number of benzene rings is 1. The Bertz CT molecular complexity index is 399.